The molecule has 0 amide bonds. The summed E-state index contributed by atoms with van der Waals surface area (Å²) in [7, 11) is -1.94. The Hall–Kier alpha value is -1.36. The molecule has 0 saturated heterocycles. The van der Waals surface area contributed by atoms with E-state index in [9.17, 15) is 13.2 Å². The summed E-state index contributed by atoms with van der Waals surface area (Å²) >= 11 is 0. The highest BCUT2D eigenvalue weighted by atomic mass is 32.2. The first kappa shape index (κ1) is 13.7. The number of ether oxygens (including phenoxy) is 1. The van der Waals surface area contributed by atoms with E-state index in [1.807, 2.05) is 6.92 Å². The van der Waals surface area contributed by atoms with Gasteiger partial charge in [0.1, 0.15) is 0 Å². The van der Waals surface area contributed by atoms with Gasteiger partial charge in [-0.15, -0.1) is 0 Å². The molecular formula is C12H16O4S. The van der Waals surface area contributed by atoms with Crippen LogP contribution in [0.25, 0.3) is 0 Å². The van der Waals surface area contributed by atoms with Crippen LogP contribution in [0.4, 0.5) is 0 Å². The Balaban J connectivity index is 3.18. The lowest BCUT2D eigenvalue weighted by Gasteiger charge is -2.07. The van der Waals surface area contributed by atoms with Crippen LogP contribution in [-0.4, -0.2) is 27.2 Å². The van der Waals surface area contributed by atoms with E-state index >= 15 is 0 Å². The molecule has 4 nitrogen and oxygen atoms in total. The number of benzene rings is 1. The maximum absolute atomic E-state index is 11.8. The van der Waals surface area contributed by atoms with Crippen LogP contribution >= 0.6 is 0 Å². The van der Waals surface area contributed by atoms with Gasteiger partial charge in [0.05, 0.1) is 23.3 Å². The van der Waals surface area contributed by atoms with Crippen LogP contribution in [0, 0.1) is 6.92 Å². The lowest BCUT2D eigenvalue weighted by molar-refractivity contribution is 0.0600. The second-order valence-electron chi connectivity index (χ2n) is 3.79. The zero-order chi connectivity index (χ0) is 13.1. The minimum absolute atomic E-state index is 0.115. The van der Waals surface area contributed by atoms with Crippen LogP contribution < -0.4 is 0 Å². The molecule has 1 aromatic carbocycles. The Kier molecular flexibility index (Phi) is 4.28. The molecule has 0 heterocycles. The molecular weight excluding hydrogens is 240 g/mol. The fourth-order valence-electron chi connectivity index (χ4n) is 1.56. The summed E-state index contributed by atoms with van der Waals surface area (Å²) in [5.74, 6) is -0.341. The normalized spacial score (nSPS) is 11.2. The molecule has 0 radical (unpaired) electrons. The molecule has 17 heavy (non-hydrogen) atoms. The van der Waals surface area contributed by atoms with Crippen molar-refractivity contribution >= 4 is 15.8 Å². The summed E-state index contributed by atoms with van der Waals surface area (Å²) < 4.78 is 28.2. The summed E-state index contributed by atoms with van der Waals surface area (Å²) in [6.45, 7) is 3.50. The van der Waals surface area contributed by atoms with Crippen LogP contribution in [0.2, 0.25) is 0 Å². The van der Waals surface area contributed by atoms with E-state index in [4.69, 9.17) is 0 Å². The molecule has 0 aromatic heterocycles. The number of esters is 1. The smallest absolute Gasteiger partial charge is 0.338 e. The zero-order valence-electron chi connectivity index (χ0n) is 10.2. The van der Waals surface area contributed by atoms with Crippen LogP contribution in [0.1, 0.15) is 29.3 Å². The highest BCUT2D eigenvalue weighted by Gasteiger charge is 2.16. The molecule has 5 heteroatoms. The Morgan fingerprint density at radius 2 is 2.00 bits per heavy atom. The molecule has 1 rings (SSSR count). The summed E-state index contributed by atoms with van der Waals surface area (Å²) in [4.78, 5) is 11.6. The molecule has 0 spiro atoms. The van der Waals surface area contributed by atoms with Gasteiger partial charge in [-0.1, -0.05) is 6.92 Å². The first-order valence-corrected chi connectivity index (χ1v) is 6.99. The van der Waals surface area contributed by atoms with Crippen molar-refractivity contribution in [3.63, 3.8) is 0 Å². The van der Waals surface area contributed by atoms with E-state index in [-0.39, 0.29) is 10.6 Å². The van der Waals surface area contributed by atoms with Crippen molar-refractivity contribution in [2.45, 2.75) is 25.2 Å². The van der Waals surface area contributed by atoms with Crippen molar-refractivity contribution in [1.29, 1.82) is 0 Å². The number of hydrogen-bond donors (Lipinski definition) is 0. The van der Waals surface area contributed by atoms with Gasteiger partial charge < -0.3 is 4.74 Å². The van der Waals surface area contributed by atoms with E-state index in [0.29, 0.717) is 17.5 Å². The minimum Gasteiger partial charge on any atom is -0.465 e. The third-order valence-corrected chi connectivity index (χ3v) is 4.35. The van der Waals surface area contributed by atoms with Crippen molar-refractivity contribution in [3.05, 3.63) is 29.3 Å². The van der Waals surface area contributed by atoms with Crippen LogP contribution in [0.15, 0.2) is 23.1 Å². The van der Waals surface area contributed by atoms with E-state index in [0.717, 1.165) is 0 Å². The second kappa shape index (κ2) is 5.31. The van der Waals surface area contributed by atoms with E-state index in [2.05, 4.69) is 4.74 Å². The highest BCUT2D eigenvalue weighted by Crippen LogP contribution is 2.18. The predicted molar refractivity (Wildman–Crippen MR) is 64.9 cm³/mol. The topological polar surface area (TPSA) is 60.4 Å². The molecule has 0 bridgehead atoms. The van der Waals surface area contributed by atoms with Gasteiger partial charge >= 0.3 is 5.97 Å². The number of methoxy groups -OCH3 is 1. The minimum atomic E-state index is -3.23. The van der Waals surface area contributed by atoms with Gasteiger partial charge in [-0.25, -0.2) is 13.2 Å². The first-order chi connectivity index (χ1) is 7.92. The SMILES string of the molecule is CCCS(=O)(=O)c1ccc(C(=O)OC)c(C)c1. The number of rotatable bonds is 4. The van der Waals surface area contributed by atoms with E-state index in [1.165, 1.54) is 25.3 Å². The van der Waals surface area contributed by atoms with Crippen LogP contribution in [0.3, 0.4) is 0 Å². The molecule has 0 N–H and O–H groups in total. The van der Waals surface area contributed by atoms with Gasteiger partial charge in [0.25, 0.3) is 0 Å². The summed E-state index contributed by atoms with van der Waals surface area (Å²) in [5.41, 5.74) is 0.997. The summed E-state index contributed by atoms with van der Waals surface area (Å²) in [6.07, 6.45) is 0.570. The van der Waals surface area contributed by atoms with E-state index < -0.39 is 15.8 Å². The van der Waals surface area contributed by atoms with Crippen molar-refractivity contribution in [2.75, 3.05) is 12.9 Å². The lowest BCUT2D eigenvalue weighted by Crippen LogP contribution is -2.09. The Bertz CT molecular complexity index is 517. The van der Waals surface area contributed by atoms with Gasteiger partial charge in [0, 0.05) is 0 Å². The molecule has 0 aliphatic rings. The number of aryl methyl sites for hydroxylation is 1. The third kappa shape index (κ3) is 3.06. The summed E-state index contributed by atoms with van der Waals surface area (Å²) in [5, 5.41) is 0. The zero-order valence-corrected chi connectivity index (χ0v) is 11.0. The predicted octanol–water partition coefficient (Wildman–Crippen LogP) is 1.97. The molecule has 0 aliphatic heterocycles. The number of hydrogen-bond acceptors (Lipinski definition) is 4. The molecule has 0 atom stereocenters. The molecule has 1 aromatic rings. The molecule has 0 saturated carbocycles. The molecule has 0 fully saturated rings. The Labute approximate surface area is 102 Å². The van der Waals surface area contributed by atoms with Crippen LogP contribution in [0.5, 0.6) is 0 Å². The standard InChI is InChI=1S/C12H16O4S/c1-4-7-17(14,15)10-5-6-11(9(2)8-10)12(13)16-3/h5-6,8H,4,7H2,1-3H3. The van der Waals surface area contributed by atoms with Gasteiger partial charge in [-0.2, -0.15) is 0 Å². The fourth-order valence-corrected chi connectivity index (χ4v) is 2.96. The second-order valence-corrected chi connectivity index (χ2v) is 5.90. The van der Waals surface area contributed by atoms with Crippen molar-refractivity contribution < 1.29 is 17.9 Å². The monoisotopic (exact) mass is 256 g/mol. The number of sulfone groups is 1. The average molecular weight is 256 g/mol. The lowest BCUT2D eigenvalue weighted by atomic mass is 10.1. The van der Waals surface area contributed by atoms with Crippen molar-refractivity contribution in [3.8, 4) is 0 Å². The third-order valence-electron chi connectivity index (χ3n) is 2.44. The fraction of sp³-hybridized carbons (Fsp3) is 0.417. The summed E-state index contributed by atoms with van der Waals surface area (Å²) in [6, 6.07) is 4.45. The highest BCUT2D eigenvalue weighted by molar-refractivity contribution is 7.91. The van der Waals surface area contributed by atoms with Gasteiger partial charge in [0.2, 0.25) is 0 Å². The first-order valence-electron chi connectivity index (χ1n) is 5.34. The van der Waals surface area contributed by atoms with Crippen LogP contribution in [-0.2, 0) is 14.6 Å². The van der Waals surface area contributed by atoms with Gasteiger partial charge in [0.15, 0.2) is 9.84 Å². The Morgan fingerprint density at radius 1 is 1.35 bits per heavy atom. The van der Waals surface area contributed by atoms with Gasteiger partial charge in [-0.3, -0.25) is 0 Å². The Morgan fingerprint density at radius 3 is 2.47 bits per heavy atom. The number of carbonyl (C=O) groups is 1. The number of carbonyl (C=O) groups excluding carboxylic acids is 1. The molecule has 0 unspecified atom stereocenters. The average Bonchev–Trinajstić information content (AvgIpc) is 2.28. The molecule has 94 valence electrons. The van der Waals surface area contributed by atoms with Crippen molar-refractivity contribution in [1.82, 2.24) is 0 Å². The quantitative estimate of drug-likeness (QED) is 0.773. The largest absolute Gasteiger partial charge is 0.465 e. The van der Waals surface area contributed by atoms with Crippen molar-refractivity contribution in [2.24, 2.45) is 0 Å². The maximum atomic E-state index is 11.8. The van der Waals surface area contributed by atoms with E-state index in [1.54, 1.807) is 6.92 Å². The maximum Gasteiger partial charge on any atom is 0.338 e. The molecule has 0 aliphatic carbocycles. The van der Waals surface area contributed by atoms with Gasteiger partial charge in [-0.05, 0) is 37.1 Å².